The van der Waals surface area contributed by atoms with Crippen LogP contribution in [0.25, 0.3) is 0 Å². The molecule has 2 aliphatic rings. The van der Waals surface area contributed by atoms with Crippen molar-refractivity contribution in [3.05, 3.63) is 35.9 Å². The Kier molecular flexibility index (Phi) is 13.4. The first-order valence-electron chi connectivity index (χ1n) is 15.4. The fourth-order valence-corrected chi connectivity index (χ4v) is 5.89. The van der Waals surface area contributed by atoms with Gasteiger partial charge in [0.2, 0.25) is 41.4 Å². The molecule has 1 aromatic rings. The van der Waals surface area contributed by atoms with Gasteiger partial charge in [0.1, 0.15) is 24.2 Å². The Morgan fingerprint density at radius 3 is 2.30 bits per heavy atom. The smallest absolute Gasteiger partial charge is 0.246 e. The SMILES string of the molecule is CSCC[C@@H]1NC(=O)C[C@@H](c2ccccc2)NC(=O)[C@H](C)NC(=O)[C@@H]2C[C@H](NC(=O)CNC(C)=O)CN2C(=O)[C@H](C(C)C)NC1=O. The maximum absolute atomic E-state index is 14.0. The maximum atomic E-state index is 14.0. The van der Waals surface area contributed by atoms with Crippen LogP contribution in [0.1, 0.15) is 58.6 Å². The third kappa shape index (κ3) is 10.2. The molecule has 0 aliphatic carbocycles. The fourth-order valence-electron chi connectivity index (χ4n) is 5.41. The molecule has 252 valence electrons. The second kappa shape index (κ2) is 17.0. The number of hydrogen-bond acceptors (Lipinski definition) is 8. The van der Waals surface area contributed by atoms with Crippen LogP contribution in [0, 0.1) is 5.92 Å². The van der Waals surface area contributed by atoms with Gasteiger partial charge in [-0.15, -0.1) is 0 Å². The molecule has 14 nitrogen and oxygen atoms in total. The molecule has 0 saturated carbocycles. The summed E-state index contributed by atoms with van der Waals surface area (Å²) >= 11 is 1.50. The molecule has 6 N–H and O–H groups in total. The van der Waals surface area contributed by atoms with Crippen molar-refractivity contribution in [2.45, 2.75) is 83.2 Å². The Balaban J connectivity index is 1.98. The van der Waals surface area contributed by atoms with E-state index in [1.165, 1.54) is 30.5 Å². The molecule has 46 heavy (non-hydrogen) atoms. The minimum Gasteiger partial charge on any atom is -0.350 e. The number of hydrogen-bond donors (Lipinski definition) is 6. The summed E-state index contributed by atoms with van der Waals surface area (Å²) in [4.78, 5) is 93.0. The lowest BCUT2D eigenvalue weighted by Gasteiger charge is -2.32. The van der Waals surface area contributed by atoms with Crippen molar-refractivity contribution >= 4 is 53.1 Å². The van der Waals surface area contributed by atoms with Crippen molar-refractivity contribution in [3.8, 4) is 0 Å². The van der Waals surface area contributed by atoms with Gasteiger partial charge in [-0.2, -0.15) is 11.8 Å². The van der Waals surface area contributed by atoms with Crippen molar-refractivity contribution in [2.75, 3.05) is 25.1 Å². The molecule has 0 bridgehead atoms. The van der Waals surface area contributed by atoms with E-state index >= 15 is 0 Å². The van der Waals surface area contributed by atoms with E-state index in [0.717, 1.165) is 0 Å². The van der Waals surface area contributed by atoms with E-state index in [0.29, 0.717) is 17.7 Å². The summed E-state index contributed by atoms with van der Waals surface area (Å²) in [6, 6.07) is 3.44. The van der Waals surface area contributed by atoms with Crippen LogP contribution in [0.4, 0.5) is 0 Å². The van der Waals surface area contributed by atoms with E-state index in [4.69, 9.17) is 0 Å². The van der Waals surface area contributed by atoms with Gasteiger partial charge >= 0.3 is 0 Å². The van der Waals surface area contributed by atoms with Crippen LogP contribution in [0.3, 0.4) is 0 Å². The maximum Gasteiger partial charge on any atom is 0.246 e. The number of nitrogens with one attached hydrogen (secondary N) is 6. The average molecular weight is 660 g/mol. The average Bonchev–Trinajstić information content (AvgIpc) is 3.43. The number of amides is 7. The van der Waals surface area contributed by atoms with E-state index in [1.807, 2.05) is 12.3 Å². The number of nitrogens with zero attached hydrogens (tertiary/aromatic N) is 1. The molecule has 2 heterocycles. The van der Waals surface area contributed by atoms with Crippen LogP contribution in [-0.2, 0) is 33.6 Å². The Labute approximate surface area is 273 Å². The van der Waals surface area contributed by atoms with Crippen molar-refractivity contribution < 1.29 is 33.6 Å². The van der Waals surface area contributed by atoms with E-state index in [2.05, 4.69) is 31.9 Å². The lowest BCUT2D eigenvalue weighted by Crippen LogP contribution is -2.59. The number of carbonyl (C=O) groups excluding carboxylic acids is 7. The highest BCUT2D eigenvalue weighted by molar-refractivity contribution is 7.98. The quantitative estimate of drug-likeness (QED) is 0.212. The second-order valence-corrected chi connectivity index (χ2v) is 12.9. The topological polar surface area (TPSA) is 195 Å². The standard InChI is InChI=1S/C31H45N7O7S/c1-17(2)27-31(45)38-16-21(34-26(41)15-32-19(4)39)13-24(38)30(44)33-18(3)28(42)36-23(20-9-7-6-8-10-20)14-25(40)35-22(11-12-46-5)29(43)37-27/h6-10,17-18,21-24,27H,11-16H2,1-5H3,(H,32,39)(H,33,44)(H,34,41)(H,35,40)(H,36,42)(H,37,43)/t18-,21-,22-,23-,24-,27-/m0/s1. The van der Waals surface area contributed by atoms with Crippen molar-refractivity contribution in [3.63, 3.8) is 0 Å². The monoisotopic (exact) mass is 659 g/mol. The van der Waals surface area contributed by atoms with E-state index in [-0.39, 0.29) is 31.8 Å². The summed E-state index contributed by atoms with van der Waals surface area (Å²) in [6.07, 6.45) is 2.06. The molecule has 3 rings (SSSR count). The molecule has 0 spiro atoms. The molecule has 2 saturated heterocycles. The van der Waals surface area contributed by atoms with Gasteiger partial charge in [0.15, 0.2) is 0 Å². The molecular formula is C31H45N7O7S. The predicted molar refractivity (Wildman–Crippen MR) is 172 cm³/mol. The third-order valence-electron chi connectivity index (χ3n) is 7.90. The zero-order valence-corrected chi connectivity index (χ0v) is 27.7. The Morgan fingerprint density at radius 1 is 0.978 bits per heavy atom. The lowest BCUT2D eigenvalue weighted by atomic mass is 10.0. The highest BCUT2D eigenvalue weighted by Gasteiger charge is 2.44. The van der Waals surface area contributed by atoms with Crippen molar-refractivity contribution in [2.24, 2.45) is 5.92 Å². The summed E-state index contributed by atoms with van der Waals surface area (Å²) < 4.78 is 0. The summed E-state index contributed by atoms with van der Waals surface area (Å²) in [5, 5.41) is 16.3. The van der Waals surface area contributed by atoms with Gasteiger partial charge in [0, 0.05) is 19.5 Å². The number of thioether (sulfide) groups is 1. The number of fused-ring (bicyclic) bond motifs is 1. The first kappa shape index (κ1) is 36.3. The van der Waals surface area contributed by atoms with Crippen LogP contribution in [0.2, 0.25) is 0 Å². The van der Waals surface area contributed by atoms with Gasteiger partial charge in [-0.3, -0.25) is 33.6 Å². The van der Waals surface area contributed by atoms with Gasteiger partial charge < -0.3 is 36.8 Å². The highest BCUT2D eigenvalue weighted by Crippen LogP contribution is 2.23. The summed E-state index contributed by atoms with van der Waals surface area (Å²) in [5.74, 6) is -3.42. The number of carbonyl (C=O) groups is 7. The predicted octanol–water partition coefficient (Wildman–Crippen LogP) is -0.647. The van der Waals surface area contributed by atoms with Gasteiger partial charge in [-0.05, 0) is 43.3 Å². The zero-order valence-electron chi connectivity index (χ0n) is 26.9. The summed E-state index contributed by atoms with van der Waals surface area (Å²) in [6.45, 7) is 5.98. The van der Waals surface area contributed by atoms with Crippen molar-refractivity contribution in [1.29, 1.82) is 0 Å². The zero-order chi connectivity index (χ0) is 34.0. The van der Waals surface area contributed by atoms with Gasteiger partial charge in [-0.1, -0.05) is 44.2 Å². The molecule has 1 aromatic carbocycles. The Hall–Kier alpha value is -4.14. The van der Waals surface area contributed by atoms with Crippen molar-refractivity contribution in [1.82, 2.24) is 36.8 Å². The number of benzene rings is 1. The molecule has 0 aromatic heterocycles. The normalized spacial score (nSPS) is 26.4. The minimum absolute atomic E-state index is 0.0366. The van der Waals surface area contributed by atoms with Crippen LogP contribution in [0.15, 0.2) is 30.3 Å². The van der Waals surface area contributed by atoms with Gasteiger partial charge in [0.25, 0.3) is 0 Å². The second-order valence-electron chi connectivity index (χ2n) is 12.0. The summed E-state index contributed by atoms with van der Waals surface area (Å²) in [7, 11) is 0. The molecule has 0 unspecified atom stereocenters. The van der Waals surface area contributed by atoms with E-state index in [9.17, 15) is 33.6 Å². The van der Waals surface area contributed by atoms with Crippen LogP contribution in [0.5, 0.6) is 0 Å². The minimum atomic E-state index is -1.06. The molecule has 6 atom stereocenters. The largest absolute Gasteiger partial charge is 0.350 e. The molecule has 2 aliphatic heterocycles. The molecular weight excluding hydrogens is 614 g/mol. The van der Waals surface area contributed by atoms with E-state index < -0.39 is 77.6 Å². The third-order valence-corrected chi connectivity index (χ3v) is 8.55. The first-order chi connectivity index (χ1) is 21.8. The fraction of sp³-hybridized carbons (Fsp3) is 0.581. The van der Waals surface area contributed by atoms with Crippen LogP contribution in [-0.4, -0.2) is 102 Å². The first-order valence-corrected chi connectivity index (χ1v) is 16.8. The molecule has 2 fully saturated rings. The Morgan fingerprint density at radius 2 is 1.67 bits per heavy atom. The molecule has 7 amide bonds. The number of rotatable bonds is 8. The van der Waals surface area contributed by atoms with Crippen LogP contribution >= 0.6 is 11.8 Å². The molecule has 0 radical (unpaired) electrons. The highest BCUT2D eigenvalue weighted by atomic mass is 32.2. The summed E-state index contributed by atoms with van der Waals surface area (Å²) in [5.41, 5.74) is 0.668. The van der Waals surface area contributed by atoms with Gasteiger partial charge in [-0.25, -0.2) is 0 Å². The van der Waals surface area contributed by atoms with Gasteiger partial charge in [0.05, 0.1) is 19.0 Å². The molecule has 15 heteroatoms. The lowest BCUT2D eigenvalue weighted by molar-refractivity contribution is -0.143. The van der Waals surface area contributed by atoms with Crippen LogP contribution < -0.4 is 31.9 Å². The van der Waals surface area contributed by atoms with E-state index in [1.54, 1.807) is 38.1 Å². The Bertz CT molecular complexity index is 1300.